The summed E-state index contributed by atoms with van der Waals surface area (Å²) in [7, 11) is 0. The molecule has 0 bridgehead atoms. The zero-order valence-electron chi connectivity index (χ0n) is 8.78. The Morgan fingerprint density at radius 1 is 1.29 bits per heavy atom. The van der Waals surface area contributed by atoms with Gasteiger partial charge in [0.2, 0.25) is 0 Å². The van der Waals surface area contributed by atoms with Crippen LogP contribution in [0.5, 0.6) is 0 Å². The van der Waals surface area contributed by atoms with Crippen LogP contribution in [0.2, 0.25) is 0 Å². The molecular weight excluding hydrogens is 178 g/mol. The normalized spacial score (nSPS) is 35.2. The Hall–Kier alpha value is -0.570. The predicted octanol–water partition coefficient (Wildman–Crippen LogP) is 1.58. The number of nitrogens with zero attached hydrogens (tertiary/aromatic N) is 1. The van der Waals surface area contributed by atoms with E-state index in [0.717, 1.165) is 13.1 Å². The number of carbonyl (C=O) groups is 1. The van der Waals surface area contributed by atoms with Gasteiger partial charge in [-0.1, -0.05) is 19.8 Å². The molecule has 2 atom stereocenters. The Morgan fingerprint density at radius 3 is 2.43 bits per heavy atom. The van der Waals surface area contributed by atoms with Crippen LogP contribution in [0.15, 0.2) is 0 Å². The Labute approximate surface area is 85.1 Å². The Kier molecular flexibility index (Phi) is 2.77. The third kappa shape index (κ3) is 1.78. The Balaban J connectivity index is 1.94. The van der Waals surface area contributed by atoms with Crippen LogP contribution in [-0.4, -0.2) is 35.1 Å². The molecule has 2 aliphatic rings. The first-order valence-corrected chi connectivity index (χ1v) is 5.65. The van der Waals surface area contributed by atoms with Crippen LogP contribution in [0.3, 0.4) is 0 Å². The highest BCUT2D eigenvalue weighted by atomic mass is 16.4. The van der Waals surface area contributed by atoms with E-state index in [-0.39, 0.29) is 5.92 Å². The van der Waals surface area contributed by atoms with E-state index in [4.69, 9.17) is 5.11 Å². The highest BCUT2D eigenvalue weighted by molar-refractivity contribution is 5.71. The summed E-state index contributed by atoms with van der Waals surface area (Å²) >= 11 is 0. The maximum absolute atomic E-state index is 10.9. The van der Waals surface area contributed by atoms with Crippen LogP contribution in [0.1, 0.15) is 32.6 Å². The van der Waals surface area contributed by atoms with Crippen molar-refractivity contribution in [2.24, 2.45) is 11.8 Å². The molecule has 1 aliphatic heterocycles. The molecule has 0 aromatic rings. The molecule has 2 fully saturated rings. The van der Waals surface area contributed by atoms with Gasteiger partial charge in [0.1, 0.15) is 0 Å². The number of likely N-dealkylation sites (tertiary alicyclic amines) is 1. The van der Waals surface area contributed by atoms with Gasteiger partial charge in [-0.05, 0) is 18.8 Å². The molecule has 0 radical (unpaired) electrons. The summed E-state index contributed by atoms with van der Waals surface area (Å²) in [5, 5.41) is 9.02. The van der Waals surface area contributed by atoms with Crippen LogP contribution < -0.4 is 0 Å². The first-order chi connectivity index (χ1) is 6.68. The fraction of sp³-hybridized carbons (Fsp3) is 0.909. The lowest BCUT2D eigenvalue weighted by atomic mass is 9.99. The van der Waals surface area contributed by atoms with Crippen molar-refractivity contribution in [3.63, 3.8) is 0 Å². The molecule has 1 saturated heterocycles. The van der Waals surface area contributed by atoms with Gasteiger partial charge in [0, 0.05) is 19.1 Å². The molecule has 0 aromatic heterocycles. The maximum atomic E-state index is 10.9. The van der Waals surface area contributed by atoms with E-state index in [1.54, 1.807) is 0 Å². The molecule has 0 aromatic carbocycles. The van der Waals surface area contributed by atoms with E-state index in [0.29, 0.717) is 12.0 Å². The number of rotatable bonds is 2. The average molecular weight is 197 g/mol. The van der Waals surface area contributed by atoms with Crippen molar-refractivity contribution < 1.29 is 9.90 Å². The lowest BCUT2D eigenvalue weighted by Crippen LogP contribution is -2.31. The van der Waals surface area contributed by atoms with E-state index in [9.17, 15) is 4.79 Å². The topological polar surface area (TPSA) is 40.5 Å². The van der Waals surface area contributed by atoms with Crippen LogP contribution in [-0.2, 0) is 4.79 Å². The summed E-state index contributed by atoms with van der Waals surface area (Å²) < 4.78 is 0. The third-order valence-electron chi connectivity index (χ3n) is 3.80. The van der Waals surface area contributed by atoms with Gasteiger partial charge < -0.3 is 5.11 Å². The maximum Gasteiger partial charge on any atom is 0.308 e. The van der Waals surface area contributed by atoms with Gasteiger partial charge in [0.05, 0.1) is 5.92 Å². The number of carboxylic acids is 1. The summed E-state index contributed by atoms with van der Waals surface area (Å²) in [6.07, 6.45) is 5.21. The van der Waals surface area contributed by atoms with Gasteiger partial charge >= 0.3 is 5.97 Å². The van der Waals surface area contributed by atoms with E-state index < -0.39 is 5.97 Å². The quantitative estimate of drug-likeness (QED) is 0.730. The zero-order chi connectivity index (χ0) is 10.1. The number of hydrogen-bond acceptors (Lipinski definition) is 2. The van der Waals surface area contributed by atoms with Crippen LogP contribution in [0, 0.1) is 11.8 Å². The van der Waals surface area contributed by atoms with E-state index >= 15 is 0 Å². The average Bonchev–Trinajstić information content (AvgIpc) is 2.70. The van der Waals surface area contributed by atoms with Crippen molar-refractivity contribution >= 4 is 5.97 Å². The molecule has 0 unspecified atom stereocenters. The summed E-state index contributed by atoms with van der Waals surface area (Å²) in [5.74, 6) is -0.415. The van der Waals surface area contributed by atoms with Gasteiger partial charge in [-0.25, -0.2) is 0 Å². The molecule has 2 rings (SSSR count). The van der Waals surface area contributed by atoms with Gasteiger partial charge in [-0.15, -0.1) is 0 Å². The summed E-state index contributed by atoms with van der Waals surface area (Å²) in [4.78, 5) is 13.3. The summed E-state index contributed by atoms with van der Waals surface area (Å²) in [6, 6.07) is 0.682. The van der Waals surface area contributed by atoms with Crippen molar-refractivity contribution in [3.05, 3.63) is 0 Å². The highest BCUT2D eigenvalue weighted by Crippen LogP contribution is 2.31. The summed E-state index contributed by atoms with van der Waals surface area (Å²) in [5.41, 5.74) is 0. The molecule has 3 nitrogen and oxygen atoms in total. The number of aliphatic carboxylic acids is 1. The molecule has 3 heteroatoms. The standard InChI is InChI=1S/C11H19NO2/c1-8-6-12(7-10(8)11(13)14)9-4-2-3-5-9/h8-10H,2-7H2,1H3,(H,13,14)/t8-,10-/m1/s1. The molecule has 1 aliphatic carbocycles. The molecule has 1 saturated carbocycles. The predicted molar refractivity (Wildman–Crippen MR) is 54.1 cm³/mol. The van der Waals surface area contributed by atoms with Crippen LogP contribution in [0.25, 0.3) is 0 Å². The van der Waals surface area contributed by atoms with Gasteiger partial charge in [0.15, 0.2) is 0 Å². The number of hydrogen-bond donors (Lipinski definition) is 1. The molecule has 1 heterocycles. The van der Waals surface area contributed by atoms with Crippen molar-refractivity contribution in [1.29, 1.82) is 0 Å². The Bertz CT molecular complexity index is 223. The van der Waals surface area contributed by atoms with Gasteiger partial charge in [0.25, 0.3) is 0 Å². The minimum atomic E-state index is -0.613. The van der Waals surface area contributed by atoms with Crippen molar-refractivity contribution in [2.75, 3.05) is 13.1 Å². The van der Waals surface area contributed by atoms with E-state index in [2.05, 4.69) is 11.8 Å². The molecule has 14 heavy (non-hydrogen) atoms. The largest absolute Gasteiger partial charge is 0.481 e. The van der Waals surface area contributed by atoms with Crippen LogP contribution in [0.4, 0.5) is 0 Å². The second-order valence-electron chi connectivity index (χ2n) is 4.81. The minimum Gasteiger partial charge on any atom is -0.481 e. The SMILES string of the molecule is C[C@@H]1CN(C2CCCC2)C[C@H]1C(=O)O. The minimum absolute atomic E-state index is 0.129. The van der Waals surface area contributed by atoms with Gasteiger partial charge in [-0.2, -0.15) is 0 Å². The molecule has 0 spiro atoms. The monoisotopic (exact) mass is 197 g/mol. The molecule has 1 N–H and O–H groups in total. The Morgan fingerprint density at radius 2 is 1.93 bits per heavy atom. The first-order valence-electron chi connectivity index (χ1n) is 5.65. The second-order valence-corrected chi connectivity index (χ2v) is 4.81. The van der Waals surface area contributed by atoms with Crippen molar-refractivity contribution in [3.8, 4) is 0 Å². The van der Waals surface area contributed by atoms with Crippen LogP contribution >= 0.6 is 0 Å². The van der Waals surface area contributed by atoms with E-state index in [1.807, 2.05) is 0 Å². The first kappa shape index (κ1) is 9.97. The third-order valence-corrected chi connectivity index (χ3v) is 3.80. The van der Waals surface area contributed by atoms with E-state index in [1.165, 1.54) is 25.7 Å². The fourth-order valence-corrected chi connectivity index (χ4v) is 2.89. The highest BCUT2D eigenvalue weighted by Gasteiger charge is 2.38. The second kappa shape index (κ2) is 3.89. The number of carboxylic acid groups (broad SMARTS) is 1. The molecule has 80 valence electrons. The van der Waals surface area contributed by atoms with Gasteiger partial charge in [-0.3, -0.25) is 9.69 Å². The molecular formula is C11H19NO2. The molecule has 0 amide bonds. The fourth-order valence-electron chi connectivity index (χ4n) is 2.89. The lowest BCUT2D eigenvalue weighted by Gasteiger charge is -2.23. The summed E-state index contributed by atoms with van der Waals surface area (Å²) in [6.45, 7) is 3.83. The van der Waals surface area contributed by atoms with Crippen molar-refractivity contribution in [2.45, 2.75) is 38.6 Å². The smallest absolute Gasteiger partial charge is 0.308 e. The zero-order valence-corrected chi connectivity index (χ0v) is 8.78. The van der Waals surface area contributed by atoms with Crippen molar-refractivity contribution in [1.82, 2.24) is 4.90 Å². The lowest BCUT2D eigenvalue weighted by molar-refractivity contribution is -0.142.